The first-order valence-corrected chi connectivity index (χ1v) is 5.71. The van der Waals surface area contributed by atoms with Crippen LogP contribution in [-0.2, 0) is 0 Å². The summed E-state index contributed by atoms with van der Waals surface area (Å²) in [6.45, 7) is 6.77. The second-order valence-corrected chi connectivity index (χ2v) is 5.63. The van der Waals surface area contributed by atoms with Gasteiger partial charge in [-0.05, 0) is 35.8 Å². The molecule has 2 atom stereocenters. The van der Waals surface area contributed by atoms with E-state index in [0.717, 1.165) is 6.42 Å². The van der Waals surface area contributed by atoms with Crippen molar-refractivity contribution < 1.29 is 0 Å². The Morgan fingerprint density at radius 3 is 2.62 bits per heavy atom. The van der Waals surface area contributed by atoms with Gasteiger partial charge in [0, 0.05) is 16.8 Å². The maximum absolute atomic E-state index is 6.01. The van der Waals surface area contributed by atoms with E-state index in [1.807, 2.05) is 11.3 Å². The smallest absolute Gasteiger partial charge is 0.0112 e. The lowest BCUT2D eigenvalue weighted by Gasteiger charge is -2.50. The molecule has 0 aliphatic heterocycles. The first-order chi connectivity index (χ1) is 6.03. The normalized spacial score (nSPS) is 31.4. The summed E-state index contributed by atoms with van der Waals surface area (Å²) in [5.74, 6) is 0.697. The Bertz CT molecular complexity index is 314. The molecule has 13 heavy (non-hydrogen) atoms. The molecule has 2 heteroatoms. The summed E-state index contributed by atoms with van der Waals surface area (Å²) >= 11 is 1.88. The number of hydrogen-bond acceptors (Lipinski definition) is 2. The van der Waals surface area contributed by atoms with Crippen molar-refractivity contribution in [1.29, 1.82) is 0 Å². The Labute approximate surface area is 84.0 Å². The van der Waals surface area contributed by atoms with Crippen LogP contribution in [0.4, 0.5) is 0 Å². The van der Waals surface area contributed by atoms with Crippen molar-refractivity contribution in [2.24, 2.45) is 11.1 Å². The second-order valence-electron chi connectivity index (χ2n) is 4.68. The van der Waals surface area contributed by atoms with E-state index in [1.165, 1.54) is 5.56 Å². The molecule has 0 radical (unpaired) electrons. The molecule has 1 fully saturated rings. The van der Waals surface area contributed by atoms with Gasteiger partial charge in [0.05, 0.1) is 0 Å². The monoisotopic (exact) mass is 195 g/mol. The molecule has 0 saturated heterocycles. The molecule has 1 aromatic heterocycles. The van der Waals surface area contributed by atoms with Crippen molar-refractivity contribution >= 4 is 11.3 Å². The SMILES string of the molecule is Cc1ccsc1C1CC(N)C1(C)C. The Hall–Kier alpha value is -0.340. The fourth-order valence-electron chi connectivity index (χ4n) is 2.15. The van der Waals surface area contributed by atoms with Gasteiger partial charge in [0.15, 0.2) is 0 Å². The zero-order chi connectivity index (χ0) is 9.64. The number of aryl methyl sites for hydroxylation is 1. The van der Waals surface area contributed by atoms with Gasteiger partial charge >= 0.3 is 0 Å². The van der Waals surface area contributed by atoms with Crippen LogP contribution >= 0.6 is 11.3 Å². The van der Waals surface area contributed by atoms with Gasteiger partial charge in [-0.15, -0.1) is 11.3 Å². The second kappa shape index (κ2) is 2.82. The first-order valence-electron chi connectivity index (χ1n) is 4.83. The number of hydrogen-bond donors (Lipinski definition) is 1. The molecule has 2 rings (SSSR count). The summed E-state index contributed by atoms with van der Waals surface area (Å²) in [5.41, 5.74) is 7.75. The van der Waals surface area contributed by atoms with Gasteiger partial charge in [0.25, 0.3) is 0 Å². The fourth-order valence-corrected chi connectivity index (χ4v) is 3.38. The molecule has 1 heterocycles. The Morgan fingerprint density at radius 1 is 1.54 bits per heavy atom. The lowest BCUT2D eigenvalue weighted by Crippen LogP contribution is -2.52. The highest BCUT2D eigenvalue weighted by molar-refractivity contribution is 7.10. The average molecular weight is 195 g/mol. The van der Waals surface area contributed by atoms with Crippen LogP contribution in [-0.4, -0.2) is 6.04 Å². The van der Waals surface area contributed by atoms with Gasteiger partial charge in [0.2, 0.25) is 0 Å². The van der Waals surface area contributed by atoms with E-state index in [-0.39, 0.29) is 0 Å². The Morgan fingerprint density at radius 2 is 2.23 bits per heavy atom. The van der Waals surface area contributed by atoms with Crippen LogP contribution in [0.15, 0.2) is 11.4 Å². The molecule has 2 N–H and O–H groups in total. The van der Waals surface area contributed by atoms with Gasteiger partial charge in [-0.25, -0.2) is 0 Å². The number of thiophene rings is 1. The largest absolute Gasteiger partial charge is 0.327 e. The average Bonchev–Trinajstić information content (AvgIpc) is 2.47. The van der Waals surface area contributed by atoms with Crippen LogP contribution < -0.4 is 5.73 Å². The highest BCUT2D eigenvalue weighted by Crippen LogP contribution is 2.53. The summed E-state index contributed by atoms with van der Waals surface area (Å²) in [5, 5.41) is 2.19. The highest BCUT2D eigenvalue weighted by atomic mass is 32.1. The van der Waals surface area contributed by atoms with E-state index in [2.05, 4.69) is 32.2 Å². The van der Waals surface area contributed by atoms with Crippen molar-refractivity contribution in [3.63, 3.8) is 0 Å². The molecule has 0 spiro atoms. The molecule has 1 aliphatic carbocycles. The summed E-state index contributed by atoms with van der Waals surface area (Å²) in [4.78, 5) is 1.55. The van der Waals surface area contributed by atoms with Gasteiger partial charge in [0.1, 0.15) is 0 Å². The van der Waals surface area contributed by atoms with E-state index in [0.29, 0.717) is 17.4 Å². The fraction of sp³-hybridized carbons (Fsp3) is 0.636. The molecule has 0 aromatic carbocycles. The predicted octanol–water partition coefficient (Wildman–Crippen LogP) is 2.90. The molecule has 2 unspecified atom stereocenters. The lowest BCUT2D eigenvalue weighted by molar-refractivity contribution is 0.100. The van der Waals surface area contributed by atoms with Gasteiger partial charge < -0.3 is 5.73 Å². The minimum absolute atomic E-state index is 0.301. The number of rotatable bonds is 1. The van der Waals surface area contributed by atoms with Gasteiger partial charge in [-0.2, -0.15) is 0 Å². The number of nitrogens with two attached hydrogens (primary N) is 1. The van der Waals surface area contributed by atoms with Crippen LogP contribution in [0.25, 0.3) is 0 Å². The van der Waals surface area contributed by atoms with Crippen molar-refractivity contribution in [3.8, 4) is 0 Å². The Kier molecular flexibility index (Phi) is 2.00. The van der Waals surface area contributed by atoms with Gasteiger partial charge in [-0.1, -0.05) is 13.8 Å². The maximum atomic E-state index is 6.01. The van der Waals surface area contributed by atoms with E-state index in [1.54, 1.807) is 4.88 Å². The van der Waals surface area contributed by atoms with Crippen LogP contribution in [0.1, 0.15) is 36.6 Å². The molecule has 1 aliphatic rings. The van der Waals surface area contributed by atoms with E-state index in [4.69, 9.17) is 5.73 Å². The standard InChI is InChI=1S/C11H17NS/c1-7-4-5-13-10(7)8-6-9(12)11(8,2)3/h4-5,8-9H,6,12H2,1-3H3. The van der Waals surface area contributed by atoms with Crippen molar-refractivity contribution in [1.82, 2.24) is 0 Å². The van der Waals surface area contributed by atoms with E-state index >= 15 is 0 Å². The third-order valence-electron chi connectivity index (χ3n) is 3.56. The van der Waals surface area contributed by atoms with Crippen molar-refractivity contribution in [2.75, 3.05) is 0 Å². The first kappa shape index (κ1) is 9.22. The van der Waals surface area contributed by atoms with Gasteiger partial charge in [-0.3, -0.25) is 0 Å². The minimum atomic E-state index is 0.301. The van der Waals surface area contributed by atoms with Crippen LogP contribution in [0.2, 0.25) is 0 Å². The maximum Gasteiger partial charge on any atom is 0.0112 e. The summed E-state index contributed by atoms with van der Waals surface area (Å²) in [7, 11) is 0. The van der Waals surface area contributed by atoms with Crippen LogP contribution in [0.5, 0.6) is 0 Å². The van der Waals surface area contributed by atoms with Crippen molar-refractivity contribution in [2.45, 2.75) is 39.2 Å². The summed E-state index contributed by atoms with van der Waals surface area (Å²) in [6.07, 6.45) is 1.16. The predicted molar refractivity (Wildman–Crippen MR) is 58.2 cm³/mol. The quantitative estimate of drug-likeness (QED) is 0.732. The highest BCUT2D eigenvalue weighted by Gasteiger charge is 2.47. The third kappa shape index (κ3) is 1.24. The molecule has 0 amide bonds. The third-order valence-corrected chi connectivity index (χ3v) is 4.69. The zero-order valence-electron chi connectivity index (χ0n) is 8.50. The van der Waals surface area contributed by atoms with E-state index < -0.39 is 0 Å². The minimum Gasteiger partial charge on any atom is -0.327 e. The van der Waals surface area contributed by atoms with Crippen LogP contribution in [0, 0.1) is 12.3 Å². The molecule has 1 saturated carbocycles. The Balaban J connectivity index is 2.26. The molecule has 0 bridgehead atoms. The molecular formula is C11H17NS. The van der Waals surface area contributed by atoms with E-state index in [9.17, 15) is 0 Å². The zero-order valence-corrected chi connectivity index (χ0v) is 9.32. The molecule has 72 valence electrons. The summed E-state index contributed by atoms with van der Waals surface area (Å²) < 4.78 is 0. The summed E-state index contributed by atoms with van der Waals surface area (Å²) in [6, 6.07) is 2.60. The molecule has 1 nitrogen and oxygen atoms in total. The van der Waals surface area contributed by atoms with Crippen LogP contribution in [0.3, 0.4) is 0 Å². The molecular weight excluding hydrogens is 178 g/mol. The molecule has 1 aromatic rings. The topological polar surface area (TPSA) is 26.0 Å². The van der Waals surface area contributed by atoms with Crippen molar-refractivity contribution in [3.05, 3.63) is 21.9 Å². The lowest BCUT2D eigenvalue weighted by atomic mass is 9.58.